The summed E-state index contributed by atoms with van der Waals surface area (Å²) in [6.07, 6.45) is 1.85. The van der Waals surface area contributed by atoms with Crippen molar-refractivity contribution in [2.75, 3.05) is 46.4 Å². The zero-order valence-corrected chi connectivity index (χ0v) is 40.5. The number of ether oxygens (including phenoxy) is 4. The summed E-state index contributed by atoms with van der Waals surface area (Å²) in [5.74, 6) is -0.520. The average Bonchev–Trinajstić information content (AvgIpc) is 3.70. The largest absolute Gasteiger partial charge is 0.490 e. The van der Waals surface area contributed by atoms with Crippen LogP contribution in [0.5, 0.6) is 23.1 Å². The molecule has 3 aromatic carbocycles. The van der Waals surface area contributed by atoms with Crippen LogP contribution in [0.3, 0.4) is 0 Å². The van der Waals surface area contributed by atoms with E-state index >= 15 is 0 Å². The first-order valence-electron chi connectivity index (χ1n) is 21.6. The summed E-state index contributed by atoms with van der Waals surface area (Å²) in [6.45, 7) is 5.77. The Bertz CT molecular complexity index is 2750. The van der Waals surface area contributed by atoms with E-state index < -0.39 is 35.7 Å². The number of likely N-dealkylation sites (N-methyl/N-ethyl adjacent to an activating group) is 1. The van der Waals surface area contributed by atoms with Gasteiger partial charge in [0.05, 0.1) is 27.2 Å². The van der Waals surface area contributed by atoms with Crippen molar-refractivity contribution < 1.29 is 43.5 Å². The Kier molecular flexibility index (Phi) is 13.9. The molecule has 1 saturated heterocycles. The van der Waals surface area contributed by atoms with Crippen LogP contribution in [-0.2, 0) is 23.4 Å². The van der Waals surface area contributed by atoms with E-state index in [-0.39, 0.29) is 41.4 Å². The number of aliphatic hydroxyl groups is 2. The van der Waals surface area contributed by atoms with E-state index in [1.807, 2.05) is 6.92 Å². The maximum Gasteiger partial charge on any atom is 0.345 e. The Morgan fingerprint density at radius 3 is 2.58 bits per heavy atom. The molecule has 1 aliphatic carbocycles. The molecule has 4 atom stereocenters. The summed E-state index contributed by atoms with van der Waals surface area (Å²) < 4.78 is 41.1. The van der Waals surface area contributed by atoms with Crippen molar-refractivity contribution in [2.24, 2.45) is 0 Å². The number of carboxylic acids is 1. The predicted molar refractivity (Wildman–Crippen MR) is 257 cm³/mol. The summed E-state index contributed by atoms with van der Waals surface area (Å²) in [6, 6.07) is 12.9. The lowest BCUT2D eigenvalue weighted by Gasteiger charge is -2.35. The Balaban J connectivity index is 1.16. The third-order valence-corrected chi connectivity index (χ3v) is 15.7. The molecule has 14 nitrogen and oxygen atoms in total. The van der Waals surface area contributed by atoms with Crippen LogP contribution in [0, 0.1) is 16.3 Å². The van der Waals surface area contributed by atoms with Gasteiger partial charge >= 0.3 is 5.97 Å². The lowest BCUT2D eigenvalue weighted by molar-refractivity contribution is -0.145. The van der Waals surface area contributed by atoms with Gasteiger partial charge in [0.1, 0.15) is 53.4 Å². The molecular formula is C47H46Cl2FIN6O8S. The molecule has 0 amide bonds. The first kappa shape index (κ1) is 46.6. The van der Waals surface area contributed by atoms with E-state index in [2.05, 4.69) is 59.4 Å². The maximum absolute atomic E-state index is 14.4. The number of thiophene rings is 1. The van der Waals surface area contributed by atoms with Gasteiger partial charge in [0, 0.05) is 70.5 Å². The van der Waals surface area contributed by atoms with Crippen molar-refractivity contribution in [2.45, 2.75) is 69.5 Å². The van der Waals surface area contributed by atoms with Crippen LogP contribution in [0.2, 0.25) is 10.0 Å². The summed E-state index contributed by atoms with van der Waals surface area (Å²) >= 11 is 18.1. The fourth-order valence-electron chi connectivity index (χ4n) is 8.68. The first-order valence-corrected chi connectivity index (χ1v) is 24.2. The van der Waals surface area contributed by atoms with Gasteiger partial charge in [-0.3, -0.25) is 4.90 Å². The number of nitrogens with zero attached hydrogens (tertiary/aromatic N) is 6. The molecule has 19 heteroatoms. The molecule has 4 bridgehead atoms. The number of aliphatic hydroxyl groups excluding tert-OH is 1. The van der Waals surface area contributed by atoms with Crippen molar-refractivity contribution in [1.82, 2.24) is 29.7 Å². The minimum absolute atomic E-state index is 0.00226. The zero-order valence-electron chi connectivity index (χ0n) is 36.0. The van der Waals surface area contributed by atoms with Crippen LogP contribution in [0.25, 0.3) is 31.8 Å². The third kappa shape index (κ3) is 9.50. The molecule has 10 rings (SSSR count). The fraction of sp³-hybridized carbons (Fsp3) is 0.383. The van der Waals surface area contributed by atoms with Crippen LogP contribution in [0.4, 0.5) is 4.39 Å². The van der Waals surface area contributed by atoms with Crippen LogP contribution in [0.1, 0.15) is 48.3 Å². The molecule has 0 spiro atoms. The van der Waals surface area contributed by atoms with Gasteiger partial charge in [-0.15, -0.1) is 11.3 Å². The van der Waals surface area contributed by atoms with Crippen molar-refractivity contribution in [3.8, 4) is 44.7 Å². The van der Waals surface area contributed by atoms with Crippen molar-refractivity contribution >= 4 is 73.3 Å². The Hall–Kier alpha value is -4.47. The molecule has 1 saturated carbocycles. The van der Waals surface area contributed by atoms with Gasteiger partial charge in [-0.1, -0.05) is 41.8 Å². The predicted octanol–water partition coefficient (Wildman–Crippen LogP) is 8.34. The molecule has 3 aliphatic heterocycles. The molecule has 66 heavy (non-hydrogen) atoms. The average molecular weight is 1070 g/mol. The summed E-state index contributed by atoms with van der Waals surface area (Å²) in [7, 11) is 2.09. The van der Waals surface area contributed by atoms with E-state index in [0.717, 1.165) is 39.0 Å². The van der Waals surface area contributed by atoms with E-state index in [1.165, 1.54) is 36.0 Å². The monoisotopic (exact) mass is 1070 g/mol. The van der Waals surface area contributed by atoms with Gasteiger partial charge in [-0.25, -0.2) is 29.1 Å². The molecule has 6 heterocycles. The zero-order chi connectivity index (χ0) is 46.3. The first-order chi connectivity index (χ1) is 31.8. The highest BCUT2D eigenvalue weighted by Crippen LogP contribution is 2.53. The van der Waals surface area contributed by atoms with Crippen LogP contribution < -0.4 is 18.9 Å². The van der Waals surface area contributed by atoms with Crippen LogP contribution in [-0.4, -0.2) is 116 Å². The minimum atomic E-state index is -1.58. The van der Waals surface area contributed by atoms with Gasteiger partial charge in [0.2, 0.25) is 12.0 Å². The second-order valence-electron chi connectivity index (χ2n) is 16.9. The Labute approximate surface area is 407 Å². The number of piperazine rings is 1. The Morgan fingerprint density at radius 2 is 1.82 bits per heavy atom. The third-order valence-electron chi connectivity index (χ3n) is 12.4. The maximum atomic E-state index is 14.4. The molecule has 4 aliphatic rings. The minimum Gasteiger partial charge on any atom is -0.490 e. The molecule has 6 aromatic rings. The number of fused-ring (bicyclic) bond motifs is 7. The van der Waals surface area contributed by atoms with Crippen molar-refractivity contribution in [1.29, 1.82) is 0 Å². The number of benzene rings is 3. The molecule has 3 aromatic heterocycles. The standard InChI is InChI=1S/C47H46Cl2FIN6O8S/c1-25-35-36-37-43(53-24-54-44(37)66-42(36)26-6-8-28(50)9-7-26)65-33(45(59)60)20-27-19-30(10-11-32(27)63-22-29-12-14-52-46(55-29)47(61)13-4-3-5-34(47)58)62-23-31(21-57-17-15-56(2)16-18-57)64-41(38(25)48)39(49)40(35)51/h6-12,14,19,24,31,33-34,58,61H,3-5,13,15-18,20-23H2,1-2H3,(H,59,60)/t31-,33-,34-,47+/m1/s1. The lowest BCUT2D eigenvalue weighted by Crippen LogP contribution is -2.49. The number of hydrogen-bond donors (Lipinski definition) is 3. The summed E-state index contributed by atoms with van der Waals surface area (Å²) in [5, 5.41) is 33.9. The van der Waals surface area contributed by atoms with Crippen LogP contribution in [0.15, 0.2) is 61.1 Å². The Morgan fingerprint density at radius 1 is 1.03 bits per heavy atom. The van der Waals surface area contributed by atoms with Crippen molar-refractivity contribution in [3.05, 3.63) is 103 Å². The quantitative estimate of drug-likeness (QED) is 0.0981. The van der Waals surface area contributed by atoms with E-state index in [9.17, 15) is 24.5 Å². The second kappa shape index (κ2) is 19.6. The normalized spacial score (nSPS) is 21.7. The number of carboxylic acid groups (broad SMARTS) is 1. The molecule has 3 N–H and O–H groups in total. The van der Waals surface area contributed by atoms with E-state index in [0.29, 0.717) is 88.8 Å². The van der Waals surface area contributed by atoms with Gasteiger partial charge in [0.15, 0.2) is 11.6 Å². The molecular weight excluding hydrogens is 1030 g/mol. The number of carbonyl (C=O) groups is 1. The highest BCUT2D eigenvalue weighted by molar-refractivity contribution is 14.1. The number of rotatable bonds is 8. The van der Waals surface area contributed by atoms with Gasteiger partial charge in [-0.05, 0) is 103 Å². The van der Waals surface area contributed by atoms with Crippen molar-refractivity contribution in [3.63, 3.8) is 0 Å². The molecule has 0 unspecified atom stereocenters. The van der Waals surface area contributed by atoms with Gasteiger partial charge in [-0.2, -0.15) is 0 Å². The highest BCUT2D eigenvalue weighted by atomic mass is 127. The fourth-order valence-corrected chi connectivity index (χ4v) is 11.3. The second-order valence-corrected chi connectivity index (χ2v) is 19.7. The highest BCUT2D eigenvalue weighted by Gasteiger charge is 2.42. The van der Waals surface area contributed by atoms with E-state index in [1.54, 1.807) is 36.4 Å². The van der Waals surface area contributed by atoms with Gasteiger partial charge < -0.3 is 39.2 Å². The topological polar surface area (TPSA) is 173 Å². The molecule has 0 radical (unpaired) electrons. The number of aliphatic carboxylic acids is 1. The van der Waals surface area contributed by atoms with Gasteiger partial charge in [0.25, 0.3) is 0 Å². The number of aromatic nitrogens is 4. The number of hydrogen-bond acceptors (Lipinski definition) is 14. The SMILES string of the molecule is Cc1c(Cl)c2c(Cl)c(I)c1-c1c(-c3ccc(F)cc3)sc3ncnc(c13)O[C@@H](C(=O)O)Cc1cc(ccc1OCc1ccnc([C@]3(O)CCCC[C@H]3O)n1)OC[C@@H](CN1CCN(C)CC1)O2. The summed E-state index contributed by atoms with van der Waals surface area (Å²) in [5.41, 5.74) is 1.82. The summed E-state index contributed by atoms with van der Waals surface area (Å²) in [4.78, 5) is 37.1. The lowest BCUT2D eigenvalue weighted by atomic mass is 9.81. The van der Waals surface area contributed by atoms with E-state index in [4.69, 9.17) is 42.1 Å². The smallest absolute Gasteiger partial charge is 0.345 e. The van der Waals surface area contributed by atoms with Crippen LogP contribution >= 0.6 is 57.1 Å². The molecule has 346 valence electrons. The molecule has 2 fully saturated rings. The number of halogens is 4.